The van der Waals surface area contributed by atoms with Gasteiger partial charge in [0.05, 0.1) is 0 Å². The summed E-state index contributed by atoms with van der Waals surface area (Å²) in [5, 5.41) is 6.23. The van der Waals surface area contributed by atoms with Crippen LogP contribution in [0.4, 0.5) is 4.79 Å². The molecule has 0 bridgehead atoms. The average Bonchev–Trinajstić information content (AvgIpc) is 3.31. The quantitative estimate of drug-likeness (QED) is 0.295. The van der Waals surface area contributed by atoms with Crippen molar-refractivity contribution in [2.45, 2.75) is 32.3 Å². The molecule has 0 saturated carbocycles. The molecule has 3 aromatic rings. The van der Waals surface area contributed by atoms with E-state index in [0.29, 0.717) is 25.8 Å². The first kappa shape index (κ1) is 22.6. The zero-order chi connectivity index (χ0) is 22.1. The van der Waals surface area contributed by atoms with Crippen LogP contribution in [0.3, 0.4) is 0 Å². The van der Waals surface area contributed by atoms with E-state index in [9.17, 15) is 9.59 Å². The molecule has 0 N–H and O–H groups in total. The number of thiophene rings is 1. The highest BCUT2D eigenvalue weighted by atomic mass is 32.1. The monoisotopic (exact) mass is 441 g/mol. The Morgan fingerprint density at radius 2 is 1.87 bits per heavy atom. The Labute approximate surface area is 186 Å². The van der Waals surface area contributed by atoms with Crippen LogP contribution in [0.25, 0.3) is 10.8 Å². The van der Waals surface area contributed by atoms with E-state index in [0.717, 1.165) is 22.1 Å². The van der Waals surface area contributed by atoms with Crippen molar-refractivity contribution in [1.29, 1.82) is 0 Å². The summed E-state index contributed by atoms with van der Waals surface area (Å²) in [6, 6.07) is 16.1. The SMILES string of the molecule is CCCC(=O)OCOC(=O)N(C)CCC(Oc1cccc2ccccc12)c1ccsc1. The summed E-state index contributed by atoms with van der Waals surface area (Å²) >= 11 is 1.61. The number of fused-ring (bicyclic) bond motifs is 1. The van der Waals surface area contributed by atoms with Crippen LogP contribution in [0.15, 0.2) is 59.3 Å². The lowest BCUT2D eigenvalue weighted by atomic mass is 10.1. The van der Waals surface area contributed by atoms with Gasteiger partial charge in [-0.05, 0) is 34.7 Å². The van der Waals surface area contributed by atoms with Gasteiger partial charge in [-0.2, -0.15) is 11.3 Å². The molecule has 0 saturated heterocycles. The van der Waals surface area contributed by atoms with Gasteiger partial charge in [-0.25, -0.2) is 4.79 Å². The molecule has 0 spiro atoms. The molecule has 0 aliphatic carbocycles. The molecule has 2 aromatic carbocycles. The van der Waals surface area contributed by atoms with Gasteiger partial charge in [-0.3, -0.25) is 4.79 Å². The molecule has 0 radical (unpaired) electrons. The highest BCUT2D eigenvalue weighted by Crippen LogP contribution is 2.32. The lowest BCUT2D eigenvalue weighted by Gasteiger charge is -2.23. The minimum atomic E-state index is -0.543. The first-order valence-electron chi connectivity index (χ1n) is 10.3. The molecule has 1 aromatic heterocycles. The topological polar surface area (TPSA) is 65.1 Å². The Morgan fingerprint density at radius 3 is 2.65 bits per heavy atom. The molecular weight excluding hydrogens is 414 g/mol. The number of benzene rings is 2. The highest BCUT2D eigenvalue weighted by Gasteiger charge is 2.19. The summed E-state index contributed by atoms with van der Waals surface area (Å²) in [7, 11) is 1.65. The highest BCUT2D eigenvalue weighted by molar-refractivity contribution is 7.07. The van der Waals surface area contributed by atoms with Crippen LogP contribution in [0.1, 0.15) is 37.9 Å². The fraction of sp³-hybridized carbons (Fsp3) is 0.333. The third kappa shape index (κ3) is 6.46. The molecule has 3 rings (SSSR count). The maximum absolute atomic E-state index is 12.2. The molecule has 0 aliphatic heterocycles. The smallest absolute Gasteiger partial charge is 0.412 e. The Balaban J connectivity index is 1.60. The molecule has 7 heteroatoms. The van der Waals surface area contributed by atoms with Gasteiger partial charge in [0.15, 0.2) is 0 Å². The van der Waals surface area contributed by atoms with Crippen LogP contribution in [0, 0.1) is 0 Å². The van der Waals surface area contributed by atoms with E-state index in [-0.39, 0.29) is 18.9 Å². The predicted molar refractivity (Wildman–Crippen MR) is 121 cm³/mol. The third-order valence-corrected chi connectivity index (χ3v) is 5.53. The van der Waals surface area contributed by atoms with Gasteiger partial charge < -0.3 is 19.1 Å². The molecule has 0 aliphatic rings. The van der Waals surface area contributed by atoms with Crippen molar-refractivity contribution >= 4 is 34.2 Å². The lowest BCUT2D eigenvalue weighted by Crippen LogP contribution is -2.30. The number of hydrogen-bond acceptors (Lipinski definition) is 6. The second-order valence-electron chi connectivity index (χ2n) is 7.15. The molecule has 164 valence electrons. The Hall–Kier alpha value is -3.06. The van der Waals surface area contributed by atoms with E-state index in [2.05, 4.69) is 17.5 Å². The van der Waals surface area contributed by atoms with Gasteiger partial charge in [-0.1, -0.05) is 43.3 Å². The van der Waals surface area contributed by atoms with E-state index < -0.39 is 6.09 Å². The summed E-state index contributed by atoms with van der Waals surface area (Å²) in [6.45, 7) is 1.93. The van der Waals surface area contributed by atoms with Gasteiger partial charge in [0.2, 0.25) is 6.79 Å². The van der Waals surface area contributed by atoms with Crippen molar-refractivity contribution in [3.63, 3.8) is 0 Å². The van der Waals surface area contributed by atoms with Gasteiger partial charge >= 0.3 is 12.1 Å². The lowest BCUT2D eigenvalue weighted by molar-refractivity contribution is -0.152. The minimum absolute atomic E-state index is 0.213. The molecule has 1 unspecified atom stereocenters. The molecule has 31 heavy (non-hydrogen) atoms. The molecule has 1 amide bonds. The van der Waals surface area contributed by atoms with E-state index >= 15 is 0 Å². The molecule has 1 heterocycles. The van der Waals surface area contributed by atoms with E-state index in [1.807, 2.05) is 48.7 Å². The second-order valence-corrected chi connectivity index (χ2v) is 7.93. The molecular formula is C24H27NO5S. The third-order valence-electron chi connectivity index (χ3n) is 4.83. The maximum atomic E-state index is 12.2. The Morgan fingerprint density at radius 1 is 1.06 bits per heavy atom. The number of carbonyl (C=O) groups is 2. The van der Waals surface area contributed by atoms with Crippen molar-refractivity contribution in [2.24, 2.45) is 0 Å². The molecule has 0 fully saturated rings. The van der Waals surface area contributed by atoms with E-state index in [4.69, 9.17) is 14.2 Å². The second kappa shape index (κ2) is 11.4. The van der Waals surface area contributed by atoms with Crippen LogP contribution in [0.2, 0.25) is 0 Å². The van der Waals surface area contributed by atoms with Gasteiger partial charge in [-0.15, -0.1) is 0 Å². The number of hydrogen-bond donors (Lipinski definition) is 0. The Bertz CT molecular complexity index is 983. The summed E-state index contributed by atoms with van der Waals surface area (Å²) in [5.41, 5.74) is 1.06. The van der Waals surface area contributed by atoms with Crippen LogP contribution in [-0.4, -0.2) is 37.3 Å². The normalized spacial score (nSPS) is 11.7. The fourth-order valence-corrected chi connectivity index (χ4v) is 3.84. The van der Waals surface area contributed by atoms with Crippen LogP contribution >= 0.6 is 11.3 Å². The number of esters is 1. The number of ether oxygens (including phenoxy) is 3. The maximum Gasteiger partial charge on any atom is 0.412 e. The number of nitrogens with zero attached hydrogens (tertiary/aromatic N) is 1. The zero-order valence-corrected chi connectivity index (χ0v) is 18.6. The van der Waals surface area contributed by atoms with Crippen molar-refractivity contribution in [1.82, 2.24) is 4.90 Å². The van der Waals surface area contributed by atoms with E-state index in [1.54, 1.807) is 18.4 Å². The summed E-state index contributed by atoms with van der Waals surface area (Å²) in [4.78, 5) is 25.0. The molecule has 6 nitrogen and oxygen atoms in total. The van der Waals surface area contributed by atoms with Crippen LogP contribution < -0.4 is 4.74 Å². The predicted octanol–water partition coefficient (Wildman–Crippen LogP) is 5.78. The summed E-state index contributed by atoms with van der Waals surface area (Å²) in [6.07, 6.45) is 0.823. The van der Waals surface area contributed by atoms with Gasteiger partial charge in [0.25, 0.3) is 0 Å². The van der Waals surface area contributed by atoms with Crippen LogP contribution in [-0.2, 0) is 14.3 Å². The largest absolute Gasteiger partial charge is 0.485 e. The van der Waals surface area contributed by atoms with Gasteiger partial charge in [0, 0.05) is 37.4 Å². The summed E-state index contributed by atoms with van der Waals surface area (Å²) < 4.78 is 16.3. The summed E-state index contributed by atoms with van der Waals surface area (Å²) in [5.74, 6) is 0.432. The number of rotatable bonds is 10. The van der Waals surface area contributed by atoms with E-state index in [1.165, 1.54) is 4.90 Å². The average molecular weight is 442 g/mol. The zero-order valence-electron chi connectivity index (χ0n) is 17.8. The standard InChI is InChI=1S/C24H27NO5S/c1-3-7-23(26)28-17-29-24(27)25(2)14-12-21(19-13-15-31-16-19)30-22-11-6-9-18-8-4-5-10-20(18)22/h4-6,8-11,13,15-16,21H,3,7,12,14,17H2,1-2H3. The van der Waals surface area contributed by atoms with Crippen molar-refractivity contribution in [2.75, 3.05) is 20.4 Å². The molecule has 1 atom stereocenters. The minimum Gasteiger partial charge on any atom is -0.485 e. The first-order chi connectivity index (χ1) is 15.1. The number of amides is 1. The van der Waals surface area contributed by atoms with Gasteiger partial charge in [0.1, 0.15) is 11.9 Å². The van der Waals surface area contributed by atoms with Crippen LogP contribution in [0.5, 0.6) is 5.75 Å². The van der Waals surface area contributed by atoms with Crippen molar-refractivity contribution < 1.29 is 23.8 Å². The number of carbonyl (C=O) groups excluding carboxylic acids is 2. The first-order valence-corrected chi connectivity index (χ1v) is 11.2. The van der Waals surface area contributed by atoms with Crippen molar-refractivity contribution in [3.05, 3.63) is 64.9 Å². The van der Waals surface area contributed by atoms with Crippen molar-refractivity contribution in [3.8, 4) is 5.75 Å². The Kier molecular flexibility index (Phi) is 8.29. The fourth-order valence-electron chi connectivity index (χ4n) is 3.14.